The molecule has 5 rings (SSSR count). The number of benzene rings is 2. The first-order chi connectivity index (χ1) is 15.4. The smallest absolute Gasteiger partial charge is 0.265 e. The highest BCUT2D eigenvalue weighted by Crippen LogP contribution is 2.39. The fourth-order valence-electron chi connectivity index (χ4n) is 4.14. The van der Waals surface area contributed by atoms with Gasteiger partial charge in [0.05, 0.1) is 22.4 Å². The summed E-state index contributed by atoms with van der Waals surface area (Å²) in [6, 6.07) is 13.2. The molecule has 2 aromatic carbocycles. The number of carbonyl (C=O) groups excluding carboxylic acids is 1. The lowest BCUT2D eigenvalue weighted by atomic mass is 9.73. The average molecular weight is 469 g/mol. The molecule has 1 aliphatic carbocycles. The molecule has 3 N–H and O–H groups in total. The van der Waals surface area contributed by atoms with Crippen LogP contribution >= 0.6 is 23.2 Å². The van der Waals surface area contributed by atoms with Crippen molar-refractivity contribution in [3.05, 3.63) is 69.8 Å². The van der Waals surface area contributed by atoms with Crippen molar-refractivity contribution in [2.24, 2.45) is 5.73 Å². The minimum atomic E-state index is -0.252. The number of nitrogens with one attached hydrogen (secondary N) is 1. The number of carbonyl (C=O) groups is 1. The molecule has 0 spiro atoms. The molecule has 32 heavy (non-hydrogen) atoms. The van der Waals surface area contributed by atoms with Gasteiger partial charge in [-0.05, 0) is 49.1 Å². The van der Waals surface area contributed by atoms with Crippen molar-refractivity contribution in [3.8, 4) is 0 Å². The second-order valence-electron chi connectivity index (χ2n) is 8.29. The number of halogens is 2. The van der Waals surface area contributed by atoms with Crippen molar-refractivity contribution < 1.29 is 4.79 Å². The van der Waals surface area contributed by atoms with Crippen LogP contribution in [0.3, 0.4) is 0 Å². The molecule has 0 radical (unpaired) electrons. The SMILES string of the molecule is CN1CN(c2c(Cl)cccc2Cl)C(=O)c2cnc(Nc3ccc(C4(N)CCC4)cc3)nc21. The molecule has 7 nitrogen and oxygen atoms in total. The van der Waals surface area contributed by atoms with Crippen LogP contribution in [0, 0.1) is 0 Å². The Morgan fingerprint density at radius 3 is 2.41 bits per heavy atom. The van der Waals surface area contributed by atoms with Crippen LogP contribution in [0.5, 0.6) is 0 Å². The summed E-state index contributed by atoms with van der Waals surface area (Å²) < 4.78 is 0. The van der Waals surface area contributed by atoms with Crippen LogP contribution in [0.15, 0.2) is 48.7 Å². The van der Waals surface area contributed by atoms with E-state index in [-0.39, 0.29) is 18.1 Å². The van der Waals surface area contributed by atoms with Crippen LogP contribution in [-0.2, 0) is 5.54 Å². The number of aromatic nitrogens is 2. The van der Waals surface area contributed by atoms with E-state index in [4.69, 9.17) is 28.9 Å². The number of hydrogen-bond acceptors (Lipinski definition) is 6. The van der Waals surface area contributed by atoms with Crippen LogP contribution in [0.25, 0.3) is 0 Å². The third-order valence-electron chi connectivity index (χ3n) is 6.13. The maximum Gasteiger partial charge on any atom is 0.265 e. The van der Waals surface area contributed by atoms with Crippen LogP contribution in [-0.4, -0.2) is 29.6 Å². The predicted octanol–water partition coefficient (Wildman–Crippen LogP) is 4.92. The lowest BCUT2D eigenvalue weighted by molar-refractivity contribution is 0.0982. The number of nitrogens with zero attached hydrogens (tertiary/aromatic N) is 4. The van der Waals surface area contributed by atoms with Gasteiger partial charge in [-0.1, -0.05) is 41.4 Å². The molecule has 0 bridgehead atoms. The molecule has 0 atom stereocenters. The molecule has 1 fully saturated rings. The number of anilines is 4. The molecule has 2 aliphatic rings. The first-order valence-corrected chi connectivity index (χ1v) is 11.1. The zero-order valence-electron chi connectivity index (χ0n) is 17.5. The maximum atomic E-state index is 13.2. The molecule has 0 saturated heterocycles. The van der Waals surface area contributed by atoms with E-state index < -0.39 is 0 Å². The van der Waals surface area contributed by atoms with Gasteiger partial charge in [-0.2, -0.15) is 4.98 Å². The van der Waals surface area contributed by atoms with E-state index in [0.29, 0.717) is 33.1 Å². The highest BCUT2D eigenvalue weighted by Gasteiger charge is 2.34. The standard InChI is InChI=1S/C23H22Cl2N6O/c1-30-13-31(19-17(24)4-2-5-18(19)25)21(32)16-12-27-22(29-20(16)30)28-15-8-6-14(7-9-15)23(26)10-3-11-23/h2,4-9,12H,3,10-11,13,26H2,1H3,(H,27,28,29). The third kappa shape index (κ3) is 3.56. The first kappa shape index (κ1) is 21.0. The van der Waals surface area contributed by atoms with Gasteiger partial charge in [0.2, 0.25) is 5.95 Å². The zero-order chi connectivity index (χ0) is 22.5. The van der Waals surface area contributed by atoms with Crippen molar-refractivity contribution in [1.29, 1.82) is 0 Å². The van der Waals surface area contributed by atoms with Crippen molar-refractivity contribution >= 4 is 52.3 Å². The minimum Gasteiger partial charge on any atom is -0.341 e. The molecule has 164 valence electrons. The van der Waals surface area contributed by atoms with Gasteiger partial charge in [0.1, 0.15) is 11.4 Å². The summed E-state index contributed by atoms with van der Waals surface area (Å²) in [6.45, 7) is 0.263. The molecule has 2 heterocycles. The topological polar surface area (TPSA) is 87.4 Å². The maximum absolute atomic E-state index is 13.2. The summed E-state index contributed by atoms with van der Waals surface area (Å²) >= 11 is 12.6. The van der Waals surface area contributed by atoms with Crippen LogP contribution in [0.2, 0.25) is 10.0 Å². The molecule has 1 amide bonds. The van der Waals surface area contributed by atoms with E-state index in [1.165, 1.54) is 17.5 Å². The molecule has 3 aromatic rings. The van der Waals surface area contributed by atoms with Gasteiger partial charge in [0, 0.05) is 24.5 Å². The third-order valence-corrected chi connectivity index (χ3v) is 6.74. The molecule has 1 aliphatic heterocycles. The minimum absolute atomic E-state index is 0.194. The van der Waals surface area contributed by atoms with Crippen LogP contribution < -0.4 is 20.9 Å². The quantitative estimate of drug-likeness (QED) is 0.564. The first-order valence-electron chi connectivity index (χ1n) is 10.4. The summed E-state index contributed by atoms with van der Waals surface area (Å²) in [5.41, 5.74) is 9.06. The van der Waals surface area contributed by atoms with Gasteiger partial charge >= 0.3 is 0 Å². The molecule has 9 heteroatoms. The van der Waals surface area contributed by atoms with E-state index in [9.17, 15) is 4.79 Å². The highest BCUT2D eigenvalue weighted by molar-refractivity contribution is 6.40. The van der Waals surface area contributed by atoms with Crippen LogP contribution in [0.1, 0.15) is 35.2 Å². The molecule has 0 unspecified atom stereocenters. The molecule has 1 aromatic heterocycles. The summed E-state index contributed by atoms with van der Waals surface area (Å²) in [5, 5.41) is 4.03. The summed E-state index contributed by atoms with van der Waals surface area (Å²) in [7, 11) is 1.86. The Morgan fingerprint density at radius 1 is 1.09 bits per heavy atom. The Hall–Kier alpha value is -2.87. The molecule has 1 saturated carbocycles. The number of rotatable bonds is 4. The van der Waals surface area contributed by atoms with Gasteiger partial charge in [0.15, 0.2) is 0 Å². The Morgan fingerprint density at radius 2 is 1.78 bits per heavy atom. The molecular formula is C23H22Cl2N6O. The number of hydrogen-bond donors (Lipinski definition) is 2. The largest absolute Gasteiger partial charge is 0.341 e. The van der Waals surface area contributed by atoms with Crippen molar-refractivity contribution in [1.82, 2.24) is 9.97 Å². The van der Waals surface area contributed by atoms with Crippen LogP contribution in [0.4, 0.5) is 23.1 Å². The van der Waals surface area contributed by atoms with E-state index in [1.54, 1.807) is 18.2 Å². The van der Waals surface area contributed by atoms with Crippen molar-refractivity contribution in [2.45, 2.75) is 24.8 Å². The summed E-state index contributed by atoms with van der Waals surface area (Å²) in [4.78, 5) is 25.5. The second kappa shape index (κ2) is 7.92. The number of amides is 1. The van der Waals surface area contributed by atoms with Gasteiger partial charge < -0.3 is 16.0 Å². The predicted molar refractivity (Wildman–Crippen MR) is 128 cm³/mol. The van der Waals surface area contributed by atoms with Crippen molar-refractivity contribution in [2.75, 3.05) is 28.8 Å². The zero-order valence-corrected chi connectivity index (χ0v) is 19.0. The summed E-state index contributed by atoms with van der Waals surface area (Å²) in [6.07, 6.45) is 4.73. The average Bonchev–Trinajstić information content (AvgIpc) is 2.76. The Kier molecular flexibility index (Phi) is 5.20. The lowest BCUT2D eigenvalue weighted by Crippen LogP contribution is -2.46. The lowest BCUT2D eigenvalue weighted by Gasteiger charge is -2.38. The van der Waals surface area contributed by atoms with Crippen molar-refractivity contribution in [3.63, 3.8) is 0 Å². The Labute approximate surface area is 196 Å². The highest BCUT2D eigenvalue weighted by atomic mass is 35.5. The number of nitrogens with two attached hydrogens (primary N) is 1. The van der Waals surface area contributed by atoms with Gasteiger partial charge in [0.25, 0.3) is 5.91 Å². The van der Waals surface area contributed by atoms with Gasteiger partial charge in [-0.25, -0.2) is 4.98 Å². The number of fused-ring (bicyclic) bond motifs is 1. The Bertz CT molecular complexity index is 1180. The fourth-order valence-corrected chi connectivity index (χ4v) is 4.75. The van der Waals surface area contributed by atoms with Gasteiger partial charge in [-0.15, -0.1) is 0 Å². The summed E-state index contributed by atoms with van der Waals surface area (Å²) in [5.74, 6) is 0.697. The number of para-hydroxylation sites is 1. The monoisotopic (exact) mass is 468 g/mol. The van der Waals surface area contributed by atoms with E-state index in [2.05, 4.69) is 15.3 Å². The fraction of sp³-hybridized carbons (Fsp3) is 0.261. The Balaban J connectivity index is 1.39. The van der Waals surface area contributed by atoms with E-state index in [1.807, 2.05) is 36.2 Å². The normalized spacial score (nSPS) is 17.1. The van der Waals surface area contributed by atoms with E-state index >= 15 is 0 Å². The van der Waals surface area contributed by atoms with E-state index in [0.717, 1.165) is 24.1 Å². The van der Waals surface area contributed by atoms with Gasteiger partial charge in [-0.3, -0.25) is 9.69 Å². The molecular weight excluding hydrogens is 447 g/mol. The second-order valence-corrected chi connectivity index (χ2v) is 9.10.